The smallest absolute Gasteiger partial charge is 0.143 e. The molecule has 3 rings (SSSR count). The minimum absolute atomic E-state index is 0.0495. The van der Waals surface area contributed by atoms with Gasteiger partial charge in [0.25, 0.3) is 0 Å². The first-order chi connectivity index (χ1) is 11.0. The Labute approximate surface area is 134 Å². The number of anilines is 1. The van der Waals surface area contributed by atoms with E-state index in [0.717, 1.165) is 33.8 Å². The van der Waals surface area contributed by atoms with Gasteiger partial charge in [0.05, 0.1) is 29.9 Å². The van der Waals surface area contributed by atoms with Gasteiger partial charge in [0.1, 0.15) is 17.8 Å². The summed E-state index contributed by atoms with van der Waals surface area (Å²) in [7, 11) is 1.92. The molecule has 3 aromatic heterocycles. The maximum atomic E-state index is 9.53. The van der Waals surface area contributed by atoms with Crippen molar-refractivity contribution in [2.45, 2.75) is 26.8 Å². The normalized spacial score (nSPS) is 13.0. The van der Waals surface area contributed by atoms with Crippen molar-refractivity contribution in [1.29, 1.82) is 0 Å². The quantitative estimate of drug-likeness (QED) is 0.671. The zero-order valence-electron chi connectivity index (χ0n) is 13.8. The number of nitrogens with one attached hydrogen (secondary N) is 2. The van der Waals surface area contributed by atoms with E-state index in [9.17, 15) is 5.11 Å². The molecule has 7 nitrogen and oxygen atoms in total. The lowest BCUT2D eigenvalue weighted by Gasteiger charge is -2.20. The third kappa shape index (κ3) is 2.79. The van der Waals surface area contributed by atoms with E-state index in [0.29, 0.717) is 5.92 Å². The highest BCUT2D eigenvalue weighted by Gasteiger charge is 2.17. The van der Waals surface area contributed by atoms with Crippen LogP contribution in [-0.4, -0.2) is 42.5 Å². The van der Waals surface area contributed by atoms with E-state index in [1.54, 1.807) is 0 Å². The predicted octanol–water partition coefficient (Wildman–Crippen LogP) is 2.10. The summed E-state index contributed by atoms with van der Waals surface area (Å²) in [6, 6.07) is 1.97. The van der Waals surface area contributed by atoms with Gasteiger partial charge in [-0.15, -0.1) is 0 Å². The first-order valence-corrected chi connectivity index (χ1v) is 7.71. The zero-order valence-corrected chi connectivity index (χ0v) is 13.8. The van der Waals surface area contributed by atoms with E-state index in [1.165, 1.54) is 6.33 Å². The van der Waals surface area contributed by atoms with Crippen LogP contribution in [0, 0.1) is 12.8 Å². The molecular formula is C16H22N6O. The monoisotopic (exact) mass is 314 g/mol. The fourth-order valence-electron chi connectivity index (χ4n) is 2.56. The molecule has 0 aliphatic carbocycles. The minimum atomic E-state index is -0.0495. The molecule has 0 aliphatic heterocycles. The minimum Gasteiger partial charge on any atom is -0.394 e. The zero-order chi connectivity index (χ0) is 16.6. The summed E-state index contributed by atoms with van der Waals surface area (Å²) >= 11 is 0. The van der Waals surface area contributed by atoms with E-state index in [1.807, 2.05) is 30.9 Å². The number of hydrogen-bond donors (Lipinski definition) is 3. The predicted molar refractivity (Wildman–Crippen MR) is 90.2 cm³/mol. The van der Waals surface area contributed by atoms with Crippen LogP contribution in [0.15, 0.2) is 18.6 Å². The number of aliphatic hydroxyl groups is 1. The van der Waals surface area contributed by atoms with Crippen LogP contribution in [-0.2, 0) is 7.05 Å². The molecule has 3 heterocycles. The third-order valence-corrected chi connectivity index (χ3v) is 4.27. The summed E-state index contributed by atoms with van der Waals surface area (Å²) in [4.78, 5) is 12.0. The molecule has 7 heteroatoms. The van der Waals surface area contributed by atoms with Gasteiger partial charge in [-0.3, -0.25) is 4.68 Å². The van der Waals surface area contributed by atoms with E-state index in [-0.39, 0.29) is 12.6 Å². The highest BCUT2D eigenvalue weighted by molar-refractivity contribution is 5.91. The number of rotatable bonds is 5. The first kappa shape index (κ1) is 15.5. The molecule has 0 fully saturated rings. The van der Waals surface area contributed by atoms with Crippen molar-refractivity contribution in [3.05, 3.63) is 24.3 Å². The molecule has 0 spiro atoms. The largest absolute Gasteiger partial charge is 0.394 e. The Morgan fingerprint density at radius 1 is 1.35 bits per heavy atom. The molecule has 0 radical (unpaired) electrons. The molecule has 23 heavy (non-hydrogen) atoms. The van der Waals surface area contributed by atoms with Crippen molar-refractivity contribution in [2.24, 2.45) is 13.0 Å². The summed E-state index contributed by atoms with van der Waals surface area (Å²) in [5.74, 6) is 1.02. The lowest BCUT2D eigenvalue weighted by Crippen LogP contribution is -2.29. The highest BCUT2D eigenvalue weighted by atomic mass is 16.3. The molecule has 1 atom stereocenters. The molecule has 3 N–H and O–H groups in total. The van der Waals surface area contributed by atoms with Crippen LogP contribution in [0.3, 0.4) is 0 Å². The molecule has 0 aromatic carbocycles. The fraction of sp³-hybridized carbons (Fsp3) is 0.438. The van der Waals surface area contributed by atoms with Crippen LogP contribution in [0.2, 0.25) is 0 Å². The lowest BCUT2D eigenvalue weighted by molar-refractivity contribution is 0.249. The van der Waals surface area contributed by atoms with Crippen molar-refractivity contribution in [1.82, 2.24) is 24.7 Å². The van der Waals surface area contributed by atoms with Crippen molar-refractivity contribution in [3.8, 4) is 11.3 Å². The molecule has 0 amide bonds. The second-order valence-corrected chi connectivity index (χ2v) is 6.11. The molecular weight excluding hydrogens is 292 g/mol. The SMILES string of the molecule is Cc1c(-c2cc3c(N[C@@H](CO)C(C)C)ncnc3[nH]2)cnn1C. The van der Waals surface area contributed by atoms with Crippen LogP contribution in [0.5, 0.6) is 0 Å². The number of aliphatic hydroxyl groups excluding tert-OH is 1. The molecule has 0 bridgehead atoms. The van der Waals surface area contributed by atoms with Gasteiger partial charge in [0.15, 0.2) is 0 Å². The summed E-state index contributed by atoms with van der Waals surface area (Å²) in [5.41, 5.74) is 3.84. The number of nitrogens with zero attached hydrogens (tertiary/aromatic N) is 4. The molecule has 0 saturated carbocycles. The second kappa shape index (κ2) is 6.00. The number of aromatic nitrogens is 5. The number of aromatic amines is 1. The molecule has 0 unspecified atom stereocenters. The van der Waals surface area contributed by atoms with Crippen molar-refractivity contribution in [3.63, 3.8) is 0 Å². The Balaban J connectivity index is 2.03. The van der Waals surface area contributed by atoms with Crippen LogP contribution in [0.4, 0.5) is 5.82 Å². The number of hydrogen-bond acceptors (Lipinski definition) is 5. The van der Waals surface area contributed by atoms with E-state index < -0.39 is 0 Å². The molecule has 122 valence electrons. The number of fused-ring (bicyclic) bond motifs is 1. The van der Waals surface area contributed by atoms with Crippen LogP contribution in [0.25, 0.3) is 22.3 Å². The van der Waals surface area contributed by atoms with Crippen molar-refractivity contribution < 1.29 is 5.11 Å². The van der Waals surface area contributed by atoms with Gasteiger partial charge in [-0.1, -0.05) is 13.8 Å². The highest BCUT2D eigenvalue weighted by Crippen LogP contribution is 2.28. The van der Waals surface area contributed by atoms with E-state index in [2.05, 4.69) is 39.2 Å². The van der Waals surface area contributed by atoms with Gasteiger partial charge in [0.2, 0.25) is 0 Å². The third-order valence-electron chi connectivity index (χ3n) is 4.27. The summed E-state index contributed by atoms with van der Waals surface area (Å²) in [6.45, 7) is 6.21. The van der Waals surface area contributed by atoms with Crippen molar-refractivity contribution in [2.75, 3.05) is 11.9 Å². The maximum Gasteiger partial charge on any atom is 0.143 e. The average Bonchev–Trinajstić information content (AvgIpc) is 3.09. The Bertz CT molecular complexity index is 819. The Morgan fingerprint density at radius 2 is 2.13 bits per heavy atom. The summed E-state index contributed by atoms with van der Waals surface area (Å²) in [5, 5.41) is 18.0. The standard InChI is InChI=1S/C16H22N6O/c1-9(2)14(7-23)21-16-11-5-13(20-15(11)17-8-18-16)12-6-19-22(4)10(12)3/h5-6,8-9,14,23H,7H2,1-4H3,(H2,17,18,20,21)/t14-/m0/s1. The number of H-pyrrole nitrogens is 1. The second-order valence-electron chi connectivity index (χ2n) is 6.11. The van der Waals surface area contributed by atoms with Gasteiger partial charge in [-0.2, -0.15) is 5.10 Å². The van der Waals surface area contributed by atoms with Crippen LogP contribution in [0.1, 0.15) is 19.5 Å². The van der Waals surface area contributed by atoms with E-state index in [4.69, 9.17) is 0 Å². The van der Waals surface area contributed by atoms with Gasteiger partial charge < -0.3 is 15.4 Å². The van der Waals surface area contributed by atoms with Crippen LogP contribution < -0.4 is 5.32 Å². The van der Waals surface area contributed by atoms with Gasteiger partial charge in [-0.05, 0) is 18.9 Å². The molecule has 0 aliphatic rings. The Morgan fingerprint density at radius 3 is 2.74 bits per heavy atom. The first-order valence-electron chi connectivity index (χ1n) is 7.71. The van der Waals surface area contributed by atoms with E-state index >= 15 is 0 Å². The Hall–Kier alpha value is -2.41. The summed E-state index contributed by atoms with van der Waals surface area (Å²) < 4.78 is 1.84. The topological polar surface area (TPSA) is 91.7 Å². The fourth-order valence-corrected chi connectivity index (χ4v) is 2.56. The Kier molecular flexibility index (Phi) is 4.04. The molecule has 0 saturated heterocycles. The van der Waals surface area contributed by atoms with Gasteiger partial charge >= 0.3 is 0 Å². The number of aryl methyl sites for hydroxylation is 1. The summed E-state index contributed by atoms with van der Waals surface area (Å²) in [6.07, 6.45) is 3.36. The average molecular weight is 314 g/mol. The maximum absolute atomic E-state index is 9.53. The lowest BCUT2D eigenvalue weighted by atomic mass is 10.1. The van der Waals surface area contributed by atoms with Gasteiger partial charge in [0, 0.05) is 18.3 Å². The van der Waals surface area contributed by atoms with Crippen LogP contribution >= 0.6 is 0 Å². The van der Waals surface area contributed by atoms with Crippen molar-refractivity contribution >= 4 is 16.9 Å². The van der Waals surface area contributed by atoms with Gasteiger partial charge in [-0.25, -0.2) is 9.97 Å². The molecule has 3 aromatic rings.